The van der Waals surface area contributed by atoms with Crippen molar-refractivity contribution in [2.75, 3.05) is 56.2 Å². The Morgan fingerprint density at radius 2 is 1.72 bits per heavy atom. The molecule has 0 unspecified atom stereocenters. The van der Waals surface area contributed by atoms with Crippen molar-refractivity contribution in [1.29, 1.82) is 0 Å². The summed E-state index contributed by atoms with van der Waals surface area (Å²) in [5.74, 6) is 0.284. The number of rotatable bonds is 5. The van der Waals surface area contributed by atoms with E-state index in [0.717, 1.165) is 62.8 Å². The Balaban J connectivity index is 1.27. The lowest BCUT2D eigenvalue weighted by Crippen LogP contribution is -2.36. The molecule has 6 nitrogen and oxygen atoms in total. The van der Waals surface area contributed by atoms with Crippen molar-refractivity contribution < 1.29 is 14.6 Å². The minimum absolute atomic E-state index is 0.00519. The number of hydrogen-bond donors (Lipinski definition) is 2. The van der Waals surface area contributed by atoms with Crippen LogP contribution in [0, 0.1) is 0 Å². The standard InChI is InChI=1S/C23H27N3O3/c27-22-7-1-18(2-8-22)19-9-11-25(12-10-19)17-23(28)24-20-3-5-21(6-4-20)26-13-15-29-16-14-26/h1-9,27H,10-17H2,(H,24,28). The van der Waals surface area contributed by atoms with E-state index in [9.17, 15) is 9.90 Å². The van der Waals surface area contributed by atoms with Crippen molar-refractivity contribution in [2.24, 2.45) is 0 Å². The van der Waals surface area contributed by atoms with E-state index in [4.69, 9.17) is 4.74 Å². The quantitative estimate of drug-likeness (QED) is 0.818. The number of nitrogens with one attached hydrogen (secondary N) is 1. The van der Waals surface area contributed by atoms with Crippen molar-refractivity contribution in [2.45, 2.75) is 6.42 Å². The van der Waals surface area contributed by atoms with Crippen LogP contribution in [-0.4, -0.2) is 61.9 Å². The average molecular weight is 393 g/mol. The lowest BCUT2D eigenvalue weighted by Gasteiger charge is -2.29. The van der Waals surface area contributed by atoms with Gasteiger partial charge in [0.1, 0.15) is 5.75 Å². The summed E-state index contributed by atoms with van der Waals surface area (Å²) in [5, 5.41) is 12.4. The van der Waals surface area contributed by atoms with Gasteiger partial charge in [0.05, 0.1) is 19.8 Å². The monoisotopic (exact) mass is 393 g/mol. The summed E-state index contributed by atoms with van der Waals surface area (Å²) in [7, 11) is 0. The molecule has 2 aromatic rings. The van der Waals surface area contributed by atoms with Crippen molar-refractivity contribution in [3.8, 4) is 5.75 Å². The minimum atomic E-state index is 0.00519. The molecule has 1 amide bonds. The van der Waals surface area contributed by atoms with E-state index in [1.165, 1.54) is 5.57 Å². The van der Waals surface area contributed by atoms with Crippen LogP contribution in [0.5, 0.6) is 5.75 Å². The summed E-state index contributed by atoms with van der Waals surface area (Å²) in [6.45, 7) is 5.30. The molecule has 1 saturated heterocycles. The van der Waals surface area contributed by atoms with Crippen LogP contribution in [0.25, 0.3) is 5.57 Å². The molecule has 0 radical (unpaired) electrons. The molecule has 2 N–H and O–H groups in total. The molecule has 2 heterocycles. The van der Waals surface area contributed by atoms with Gasteiger partial charge in [-0.25, -0.2) is 0 Å². The van der Waals surface area contributed by atoms with Crippen molar-refractivity contribution in [3.63, 3.8) is 0 Å². The third-order valence-electron chi connectivity index (χ3n) is 5.43. The molecular weight excluding hydrogens is 366 g/mol. The van der Waals surface area contributed by atoms with E-state index in [1.807, 2.05) is 24.3 Å². The highest BCUT2D eigenvalue weighted by Crippen LogP contribution is 2.24. The number of benzene rings is 2. The van der Waals surface area contributed by atoms with Gasteiger partial charge in [-0.1, -0.05) is 18.2 Å². The predicted molar refractivity (Wildman–Crippen MR) is 115 cm³/mol. The smallest absolute Gasteiger partial charge is 0.238 e. The molecule has 152 valence electrons. The molecule has 0 atom stereocenters. The van der Waals surface area contributed by atoms with Crippen LogP contribution in [0.4, 0.5) is 11.4 Å². The molecule has 0 aliphatic carbocycles. The number of amides is 1. The number of morpholine rings is 1. The lowest BCUT2D eigenvalue weighted by molar-refractivity contribution is -0.117. The van der Waals surface area contributed by atoms with Crippen molar-refractivity contribution >= 4 is 22.9 Å². The zero-order valence-corrected chi connectivity index (χ0v) is 16.5. The number of phenols is 1. The van der Waals surface area contributed by atoms with Crippen molar-refractivity contribution in [1.82, 2.24) is 4.90 Å². The highest BCUT2D eigenvalue weighted by molar-refractivity contribution is 5.92. The number of hydrogen-bond acceptors (Lipinski definition) is 5. The van der Waals surface area contributed by atoms with Gasteiger partial charge in [-0.3, -0.25) is 9.69 Å². The van der Waals surface area contributed by atoms with Crippen LogP contribution in [0.15, 0.2) is 54.6 Å². The molecule has 4 rings (SSSR count). The molecule has 0 spiro atoms. The summed E-state index contributed by atoms with van der Waals surface area (Å²) in [5.41, 5.74) is 4.38. The summed E-state index contributed by atoms with van der Waals surface area (Å²) < 4.78 is 5.39. The van der Waals surface area contributed by atoms with E-state index in [-0.39, 0.29) is 11.7 Å². The Morgan fingerprint density at radius 1 is 1.00 bits per heavy atom. The molecule has 2 aliphatic heterocycles. The predicted octanol–water partition coefficient (Wildman–Crippen LogP) is 2.96. The fraction of sp³-hybridized carbons (Fsp3) is 0.348. The summed E-state index contributed by atoms with van der Waals surface area (Å²) in [6.07, 6.45) is 3.06. The number of carbonyl (C=O) groups is 1. The van der Waals surface area contributed by atoms with Crippen molar-refractivity contribution in [3.05, 3.63) is 60.2 Å². The normalized spacial score (nSPS) is 17.7. The average Bonchev–Trinajstić information content (AvgIpc) is 2.76. The van der Waals surface area contributed by atoms with Gasteiger partial charge in [0.2, 0.25) is 5.91 Å². The first-order valence-corrected chi connectivity index (χ1v) is 10.1. The maximum absolute atomic E-state index is 12.4. The van der Waals surface area contributed by atoms with E-state index in [1.54, 1.807) is 12.1 Å². The summed E-state index contributed by atoms with van der Waals surface area (Å²) in [4.78, 5) is 16.9. The topological polar surface area (TPSA) is 65.0 Å². The van der Waals surface area contributed by atoms with Gasteiger partial charge in [-0.2, -0.15) is 0 Å². The first-order valence-electron chi connectivity index (χ1n) is 10.1. The Hall–Kier alpha value is -2.83. The molecular formula is C23H27N3O3. The molecule has 6 heteroatoms. The number of carbonyl (C=O) groups excluding carboxylic acids is 1. The van der Waals surface area contributed by atoms with Gasteiger partial charge in [-0.05, 0) is 54.0 Å². The second kappa shape index (κ2) is 9.11. The molecule has 2 aliphatic rings. The van der Waals surface area contributed by atoms with E-state index in [2.05, 4.69) is 33.3 Å². The highest BCUT2D eigenvalue weighted by Gasteiger charge is 2.16. The number of aromatic hydroxyl groups is 1. The second-order valence-electron chi connectivity index (χ2n) is 7.46. The third kappa shape index (κ3) is 5.16. The van der Waals surface area contributed by atoms with Gasteiger partial charge >= 0.3 is 0 Å². The Bertz CT molecular complexity index is 856. The van der Waals surface area contributed by atoms with E-state index >= 15 is 0 Å². The Labute approximate surface area is 171 Å². The molecule has 0 aromatic heterocycles. The minimum Gasteiger partial charge on any atom is -0.508 e. The Morgan fingerprint density at radius 3 is 2.38 bits per heavy atom. The zero-order valence-electron chi connectivity index (χ0n) is 16.5. The third-order valence-corrected chi connectivity index (χ3v) is 5.43. The van der Waals surface area contributed by atoms with E-state index in [0.29, 0.717) is 6.54 Å². The molecule has 0 bridgehead atoms. The largest absolute Gasteiger partial charge is 0.508 e. The maximum atomic E-state index is 12.4. The van der Waals surface area contributed by atoms with Crippen LogP contribution in [-0.2, 0) is 9.53 Å². The number of phenolic OH excluding ortho intramolecular Hbond substituents is 1. The molecule has 0 saturated carbocycles. The van der Waals surface area contributed by atoms with Gasteiger partial charge in [0, 0.05) is 37.6 Å². The van der Waals surface area contributed by atoms with Crippen LogP contribution in [0.1, 0.15) is 12.0 Å². The summed E-state index contributed by atoms with van der Waals surface area (Å²) in [6, 6.07) is 15.3. The van der Waals surface area contributed by atoms with Crippen LogP contribution >= 0.6 is 0 Å². The number of nitrogens with zero attached hydrogens (tertiary/aromatic N) is 2. The lowest BCUT2D eigenvalue weighted by atomic mass is 9.99. The molecule has 29 heavy (non-hydrogen) atoms. The molecule has 1 fully saturated rings. The first kappa shape index (κ1) is 19.5. The van der Waals surface area contributed by atoms with Gasteiger partial charge in [0.25, 0.3) is 0 Å². The Kier molecular flexibility index (Phi) is 6.12. The zero-order chi connectivity index (χ0) is 20.1. The van der Waals surface area contributed by atoms with E-state index < -0.39 is 0 Å². The first-order chi connectivity index (χ1) is 14.2. The number of ether oxygens (including phenoxy) is 1. The van der Waals surface area contributed by atoms with Gasteiger partial charge in [-0.15, -0.1) is 0 Å². The van der Waals surface area contributed by atoms with Crippen LogP contribution in [0.2, 0.25) is 0 Å². The second-order valence-corrected chi connectivity index (χ2v) is 7.46. The fourth-order valence-electron chi connectivity index (χ4n) is 3.77. The SMILES string of the molecule is O=C(CN1CC=C(c2ccc(O)cc2)CC1)Nc1ccc(N2CCOCC2)cc1. The van der Waals surface area contributed by atoms with Gasteiger partial charge < -0.3 is 20.1 Å². The van der Waals surface area contributed by atoms with Crippen LogP contribution in [0.3, 0.4) is 0 Å². The molecule has 2 aromatic carbocycles. The fourth-order valence-corrected chi connectivity index (χ4v) is 3.77. The maximum Gasteiger partial charge on any atom is 0.238 e. The highest BCUT2D eigenvalue weighted by atomic mass is 16.5. The van der Waals surface area contributed by atoms with Gasteiger partial charge in [0.15, 0.2) is 0 Å². The number of anilines is 2. The van der Waals surface area contributed by atoms with Crippen LogP contribution < -0.4 is 10.2 Å². The summed E-state index contributed by atoms with van der Waals surface area (Å²) >= 11 is 0.